The molecular weight excluding hydrogens is 262 g/mol. The van der Waals surface area contributed by atoms with E-state index in [4.69, 9.17) is 0 Å². The van der Waals surface area contributed by atoms with Crippen molar-refractivity contribution in [1.29, 1.82) is 0 Å². The first-order valence-electron chi connectivity index (χ1n) is 7.87. The van der Waals surface area contributed by atoms with Crippen molar-refractivity contribution in [2.75, 3.05) is 26.2 Å². The highest BCUT2D eigenvalue weighted by Crippen LogP contribution is 2.21. The van der Waals surface area contributed by atoms with Crippen LogP contribution in [0.25, 0.3) is 0 Å². The zero-order chi connectivity index (χ0) is 14.5. The van der Waals surface area contributed by atoms with Gasteiger partial charge in [0.15, 0.2) is 0 Å². The highest BCUT2D eigenvalue weighted by molar-refractivity contribution is 5.76. The molecule has 2 aliphatic rings. The van der Waals surface area contributed by atoms with E-state index in [1.807, 2.05) is 17.2 Å². The third-order valence-corrected chi connectivity index (χ3v) is 4.40. The van der Waals surface area contributed by atoms with Crippen LogP contribution in [0.15, 0.2) is 36.7 Å². The summed E-state index contributed by atoms with van der Waals surface area (Å²) in [4.78, 5) is 20.9. The Bertz CT molecular complexity index is 492. The van der Waals surface area contributed by atoms with Gasteiger partial charge in [0.1, 0.15) is 0 Å². The van der Waals surface area contributed by atoms with E-state index in [1.165, 1.54) is 5.56 Å². The summed E-state index contributed by atoms with van der Waals surface area (Å²) in [5, 5.41) is 0. The molecule has 2 heterocycles. The van der Waals surface area contributed by atoms with Gasteiger partial charge in [-0.1, -0.05) is 18.2 Å². The Balaban J connectivity index is 1.44. The molecule has 0 spiro atoms. The van der Waals surface area contributed by atoms with Crippen molar-refractivity contribution in [1.82, 2.24) is 14.8 Å². The topological polar surface area (TPSA) is 36.4 Å². The molecule has 1 amide bonds. The van der Waals surface area contributed by atoms with Crippen LogP contribution in [0.2, 0.25) is 0 Å². The third kappa shape index (κ3) is 3.91. The number of aromatic nitrogens is 1. The van der Waals surface area contributed by atoms with Crippen molar-refractivity contribution >= 4 is 5.91 Å². The zero-order valence-electron chi connectivity index (χ0n) is 12.4. The standard InChI is InChI=1S/C17H23N3O/c21-17(12-15-4-1-2-5-15)20-10-8-19(9-11-20)14-16-6-3-7-18-13-16/h1,3-4,6-7,13,15H,2,5,8-12,14H2. The second-order valence-electron chi connectivity index (χ2n) is 5.99. The lowest BCUT2D eigenvalue weighted by Gasteiger charge is -2.35. The molecule has 1 aromatic rings. The van der Waals surface area contributed by atoms with E-state index in [9.17, 15) is 4.79 Å². The van der Waals surface area contributed by atoms with Gasteiger partial charge in [0.25, 0.3) is 0 Å². The van der Waals surface area contributed by atoms with Crippen molar-refractivity contribution in [3.05, 3.63) is 42.2 Å². The summed E-state index contributed by atoms with van der Waals surface area (Å²) in [5.74, 6) is 0.804. The average Bonchev–Trinajstić information content (AvgIpc) is 3.02. The van der Waals surface area contributed by atoms with Gasteiger partial charge in [-0.15, -0.1) is 0 Å². The minimum Gasteiger partial charge on any atom is -0.340 e. The molecule has 21 heavy (non-hydrogen) atoms. The SMILES string of the molecule is O=C(CC1C=CCC1)N1CCN(Cc2cccnc2)CC1. The number of allylic oxidation sites excluding steroid dienone is 2. The monoisotopic (exact) mass is 285 g/mol. The van der Waals surface area contributed by atoms with Crippen LogP contribution in [-0.4, -0.2) is 46.9 Å². The second-order valence-corrected chi connectivity index (χ2v) is 5.99. The molecule has 4 heteroatoms. The van der Waals surface area contributed by atoms with Crippen molar-refractivity contribution in [3.63, 3.8) is 0 Å². The molecule has 1 aliphatic heterocycles. The normalized spacial score (nSPS) is 22.7. The van der Waals surface area contributed by atoms with Crippen molar-refractivity contribution in [2.45, 2.75) is 25.8 Å². The molecule has 1 unspecified atom stereocenters. The zero-order valence-corrected chi connectivity index (χ0v) is 12.4. The molecule has 1 fully saturated rings. The van der Waals surface area contributed by atoms with Crippen LogP contribution < -0.4 is 0 Å². The van der Waals surface area contributed by atoms with Crippen LogP contribution in [0.5, 0.6) is 0 Å². The molecule has 4 nitrogen and oxygen atoms in total. The number of piperazine rings is 1. The fourth-order valence-electron chi connectivity index (χ4n) is 3.12. The summed E-state index contributed by atoms with van der Waals surface area (Å²) in [6.07, 6.45) is 11.1. The first kappa shape index (κ1) is 14.3. The van der Waals surface area contributed by atoms with Crippen LogP contribution >= 0.6 is 0 Å². The van der Waals surface area contributed by atoms with Gasteiger partial charge < -0.3 is 4.90 Å². The Morgan fingerprint density at radius 2 is 2.14 bits per heavy atom. The summed E-state index contributed by atoms with van der Waals surface area (Å²) in [6, 6.07) is 4.08. The lowest BCUT2D eigenvalue weighted by Crippen LogP contribution is -2.48. The first-order chi connectivity index (χ1) is 10.3. The van der Waals surface area contributed by atoms with Crippen LogP contribution in [0, 0.1) is 5.92 Å². The number of hydrogen-bond acceptors (Lipinski definition) is 3. The molecule has 0 radical (unpaired) electrons. The van der Waals surface area contributed by atoms with Crippen molar-refractivity contribution in [3.8, 4) is 0 Å². The highest BCUT2D eigenvalue weighted by Gasteiger charge is 2.23. The van der Waals surface area contributed by atoms with Gasteiger partial charge in [-0.05, 0) is 30.4 Å². The largest absolute Gasteiger partial charge is 0.340 e. The smallest absolute Gasteiger partial charge is 0.223 e. The molecule has 112 valence electrons. The van der Waals surface area contributed by atoms with Gasteiger partial charge >= 0.3 is 0 Å². The molecule has 1 aliphatic carbocycles. The van der Waals surface area contributed by atoms with Gasteiger partial charge in [0, 0.05) is 51.5 Å². The summed E-state index contributed by atoms with van der Waals surface area (Å²) in [5.41, 5.74) is 1.24. The minimum absolute atomic E-state index is 0.326. The molecular formula is C17H23N3O. The molecule has 0 aromatic carbocycles. The summed E-state index contributed by atoms with van der Waals surface area (Å²) < 4.78 is 0. The number of rotatable bonds is 4. The van der Waals surface area contributed by atoms with E-state index in [1.54, 1.807) is 6.20 Å². The molecule has 1 saturated heterocycles. The molecule has 1 aromatic heterocycles. The van der Waals surface area contributed by atoms with E-state index in [-0.39, 0.29) is 0 Å². The molecule has 0 saturated carbocycles. The van der Waals surface area contributed by atoms with E-state index >= 15 is 0 Å². The predicted octanol–water partition coefficient (Wildman–Crippen LogP) is 2.08. The number of nitrogens with zero attached hydrogens (tertiary/aromatic N) is 3. The van der Waals surface area contributed by atoms with E-state index in [0.29, 0.717) is 18.2 Å². The molecule has 3 rings (SSSR count). The van der Waals surface area contributed by atoms with Gasteiger partial charge in [0.2, 0.25) is 5.91 Å². The predicted molar refractivity (Wildman–Crippen MR) is 82.6 cm³/mol. The average molecular weight is 285 g/mol. The highest BCUT2D eigenvalue weighted by atomic mass is 16.2. The Labute approximate surface area is 126 Å². The Morgan fingerprint density at radius 1 is 1.29 bits per heavy atom. The summed E-state index contributed by atoms with van der Waals surface area (Å²) in [6.45, 7) is 4.56. The maximum Gasteiger partial charge on any atom is 0.223 e. The third-order valence-electron chi connectivity index (χ3n) is 4.40. The fourth-order valence-corrected chi connectivity index (χ4v) is 3.12. The number of hydrogen-bond donors (Lipinski definition) is 0. The molecule has 0 N–H and O–H groups in total. The first-order valence-corrected chi connectivity index (χ1v) is 7.87. The lowest BCUT2D eigenvalue weighted by molar-refractivity contribution is -0.133. The van der Waals surface area contributed by atoms with Crippen LogP contribution in [0.4, 0.5) is 0 Å². The van der Waals surface area contributed by atoms with Gasteiger partial charge in [-0.2, -0.15) is 0 Å². The van der Waals surface area contributed by atoms with Crippen LogP contribution in [0.3, 0.4) is 0 Å². The number of carbonyl (C=O) groups is 1. The van der Waals surface area contributed by atoms with Crippen molar-refractivity contribution < 1.29 is 4.79 Å². The van der Waals surface area contributed by atoms with Gasteiger partial charge in [-0.25, -0.2) is 0 Å². The fraction of sp³-hybridized carbons (Fsp3) is 0.529. The summed E-state index contributed by atoms with van der Waals surface area (Å²) in [7, 11) is 0. The Morgan fingerprint density at radius 3 is 2.81 bits per heavy atom. The van der Waals surface area contributed by atoms with Crippen LogP contribution in [0.1, 0.15) is 24.8 Å². The quantitative estimate of drug-likeness (QED) is 0.795. The van der Waals surface area contributed by atoms with E-state index in [2.05, 4.69) is 28.1 Å². The maximum absolute atomic E-state index is 12.3. The van der Waals surface area contributed by atoms with E-state index < -0.39 is 0 Å². The number of carbonyl (C=O) groups excluding carboxylic acids is 1. The molecule has 0 bridgehead atoms. The van der Waals surface area contributed by atoms with Crippen LogP contribution in [-0.2, 0) is 11.3 Å². The van der Waals surface area contributed by atoms with Gasteiger partial charge in [0.05, 0.1) is 0 Å². The summed E-state index contributed by atoms with van der Waals surface area (Å²) >= 11 is 0. The number of amides is 1. The lowest BCUT2D eigenvalue weighted by atomic mass is 10.0. The van der Waals surface area contributed by atoms with E-state index in [0.717, 1.165) is 45.6 Å². The minimum atomic E-state index is 0.326. The molecule has 1 atom stereocenters. The van der Waals surface area contributed by atoms with Crippen molar-refractivity contribution in [2.24, 2.45) is 5.92 Å². The van der Waals surface area contributed by atoms with Gasteiger partial charge in [-0.3, -0.25) is 14.7 Å². The maximum atomic E-state index is 12.3. The Hall–Kier alpha value is -1.68. The Kier molecular flexibility index (Phi) is 4.65. The second kappa shape index (κ2) is 6.85. The number of pyridine rings is 1.